The summed E-state index contributed by atoms with van der Waals surface area (Å²) < 4.78 is 38.9. The van der Waals surface area contributed by atoms with Crippen LogP contribution in [0.3, 0.4) is 0 Å². The number of hydrogen-bond acceptors (Lipinski definition) is 3. The van der Waals surface area contributed by atoms with E-state index in [-0.39, 0.29) is 17.6 Å². The average Bonchev–Trinajstić information content (AvgIpc) is 3.39. The molecular weight excluding hydrogens is 331 g/mol. The Bertz CT molecular complexity index is 770. The van der Waals surface area contributed by atoms with E-state index in [2.05, 4.69) is 9.97 Å². The number of alkyl halides is 3. The van der Waals surface area contributed by atoms with E-state index >= 15 is 0 Å². The highest BCUT2D eigenvalue weighted by Crippen LogP contribution is 2.37. The van der Waals surface area contributed by atoms with Crippen LogP contribution in [0.25, 0.3) is 0 Å². The first-order chi connectivity index (χ1) is 11.8. The van der Waals surface area contributed by atoms with Gasteiger partial charge in [-0.2, -0.15) is 13.2 Å². The van der Waals surface area contributed by atoms with Gasteiger partial charge in [-0.15, -0.1) is 0 Å². The molecule has 0 radical (unpaired) electrons. The van der Waals surface area contributed by atoms with Crippen molar-refractivity contribution in [1.82, 2.24) is 14.9 Å². The van der Waals surface area contributed by atoms with Crippen molar-refractivity contribution in [2.75, 3.05) is 0 Å². The van der Waals surface area contributed by atoms with Crippen LogP contribution in [0.2, 0.25) is 0 Å². The van der Waals surface area contributed by atoms with E-state index in [0.29, 0.717) is 11.3 Å². The molecule has 1 heterocycles. The van der Waals surface area contributed by atoms with Crippen LogP contribution >= 0.6 is 0 Å². The van der Waals surface area contributed by atoms with E-state index < -0.39 is 17.8 Å². The molecule has 4 nitrogen and oxygen atoms in total. The van der Waals surface area contributed by atoms with Crippen LogP contribution in [0.4, 0.5) is 13.2 Å². The summed E-state index contributed by atoms with van der Waals surface area (Å²) in [7, 11) is 0. The largest absolute Gasteiger partial charge is 0.416 e. The first kappa shape index (κ1) is 17.4. The fourth-order valence-corrected chi connectivity index (χ4v) is 2.78. The van der Waals surface area contributed by atoms with Crippen LogP contribution in [-0.4, -0.2) is 26.8 Å². The summed E-state index contributed by atoms with van der Waals surface area (Å²) in [6.45, 7) is 3.51. The van der Waals surface area contributed by atoms with E-state index in [1.54, 1.807) is 24.8 Å². The lowest BCUT2D eigenvalue weighted by atomic mass is 10.0. The first-order valence-corrected chi connectivity index (χ1v) is 8.06. The maximum Gasteiger partial charge on any atom is 0.416 e. The zero-order valence-electron chi connectivity index (χ0n) is 13.9. The summed E-state index contributed by atoms with van der Waals surface area (Å²) in [6, 6.07) is 4.67. The summed E-state index contributed by atoms with van der Waals surface area (Å²) in [5.41, 5.74) is 0.641. The van der Waals surface area contributed by atoms with Gasteiger partial charge >= 0.3 is 6.18 Å². The number of nitrogens with zero attached hydrogens (tertiary/aromatic N) is 3. The molecule has 7 heteroatoms. The zero-order chi connectivity index (χ0) is 18.2. The van der Waals surface area contributed by atoms with Crippen molar-refractivity contribution in [3.63, 3.8) is 0 Å². The molecule has 1 saturated carbocycles. The Morgan fingerprint density at radius 2 is 1.96 bits per heavy atom. The Balaban J connectivity index is 1.90. The number of carbonyl (C=O) groups is 1. The number of carbonyl (C=O) groups excluding carboxylic acids is 1. The Labute approximate surface area is 143 Å². The minimum atomic E-state index is -4.41. The molecule has 1 fully saturated rings. The van der Waals surface area contributed by atoms with Crippen molar-refractivity contribution >= 4 is 5.91 Å². The molecular formula is C18H18F3N3O. The van der Waals surface area contributed by atoms with Crippen molar-refractivity contribution in [2.24, 2.45) is 0 Å². The normalized spacial score (nSPS) is 15.7. The van der Waals surface area contributed by atoms with Gasteiger partial charge < -0.3 is 4.90 Å². The molecule has 25 heavy (non-hydrogen) atoms. The maximum absolute atomic E-state index is 13.0. The molecule has 1 aliphatic carbocycles. The maximum atomic E-state index is 13.0. The average molecular weight is 349 g/mol. The van der Waals surface area contributed by atoms with Gasteiger partial charge in [0.15, 0.2) is 0 Å². The van der Waals surface area contributed by atoms with E-state index in [4.69, 9.17) is 0 Å². The Morgan fingerprint density at radius 3 is 2.52 bits per heavy atom. The van der Waals surface area contributed by atoms with Crippen LogP contribution in [0.15, 0.2) is 36.7 Å². The topological polar surface area (TPSA) is 46.1 Å². The monoisotopic (exact) mass is 349 g/mol. The van der Waals surface area contributed by atoms with Crippen molar-refractivity contribution in [3.8, 4) is 0 Å². The van der Waals surface area contributed by atoms with E-state index in [0.717, 1.165) is 25.0 Å². The summed E-state index contributed by atoms with van der Waals surface area (Å²) in [5, 5.41) is 0. The third-order valence-corrected chi connectivity index (χ3v) is 4.29. The van der Waals surface area contributed by atoms with Crippen LogP contribution < -0.4 is 0 Å². The second-order valence-corrected chi connectivity index (χ2v) is 6.29. The van der Waals surface area contributed by atoms with Crippen molar-refractivity contribution < 1.29 is 18.0 Å². The minimum absolute atomic E-state index is 0.0279. The van der Waals surface area contributed by atoms with Gasteiger partial charge in [-0.25, -0.2) is 4.98 Å². The Hall–Kier alpha value is -2.44. The molecule has 1 aromatic heterocycles. The Kier molecular flexibility index (Phi) is 4.49. The lowest BCUT2D eigenvalue weighted by Gasteiger charge is -2.29. The highest BCUT2D eigenvalue weighted by Gasteiger charge is 2.38. The van der Waals surface area contributed by atoms with Crippen LogP contribution in [-0.2, 0) is 6.18 Å². The number of benzene rings is 1. The van der Waals surface area contributed by atoms with Gasteiger partial charge in [0.25, 0.3) is 5.91 Å². The molecule has 0 bridgehead atoms. The number of aryl methyl sites for hydroxylation is 1. The SMILES string of the molecule is Cc1cnc(C(=O)N(C2CC2)C(C)c2cccc(C(F)(F)F)c2)cn1. The van der Waals surface area contributed by atoms with Gasteiger partial charge in [-0.3, -0.25) is 9.78 Å². The molecule has 0 saturated heterocycles. The predicted molar refractivity (Wildman–Crippen MR) is 85.8 cm³/mol. The quantitative estimate of drug-likeness (QED) is 0.832. The van der Waals surface area contributed by atoms with E-state index in [1.807, 2.05) is 0 Å². The van der Waals surface area contributed by atoms with E-state index in [1.165, 1.54) is 18.5 Å². The zero-order valence-corrected chi connectivity index (χ0v) is 13.9. The van der Waals surface area contributed by atoms with Crippen LogP contribution in [0.1, 0.15) is 53.1 Å². The number of amides is 1. The molecule has 3 rings (SSSR count). The van der Waals surface area contributed by atoms with Gasteiger partial charge in [0.2, 0.25) is 0 Å². The predicted octanol–water partition coefficient (Wildman–Crippen LogP) is 4.17. The van der Waals surface area contributed by atoms with Crippen molar-refractivity contribution in [3.05, 3.63) is 59.2 Å². The summed E-state index contributed by atoms with van der Waals surface area (Å²) >= 11 is 0. The lowest BCUT2D eigenvalue weighted by Crippen LogP contribution is -2.36. The minimum Gasteiger partial charge on any atom is -0.328 e. The first-order valence-electron chi connectivity index (χ1n) is 8.06. The summed E-state index contributed by atoms with van der Waals surface area (Å²) in [6.07, 6.45) is 0.189. The molecule has 1 aliphatic rings. The van der Waals surface area contributed by atoms with Crippen molar-refractivity contribution in [2.45, 2.75) is 44.9 Å². The van der Waals surface area contributed by atoms with E-state index in [9.17, 15) is 18.0 Å². The number of hydrogen-bond donors (Lipinski definition) is 0. The molecule has 1 aromatic carbocycles. The highest BCUT2D eigenvalue weighted by atomic mass is 19.4. The molecule has 1 amide bonds. The number of halogens is 3. The summed E-state index contributed by atoms with van der Waals surface area (Å²) in [4.78, 5) is 22.6. The smallest absolute Gasteiger partial charge is 0.328 e. The van der Waals surface area contributed by atoms with Crippen molar-refractivity contribution in [1.29, 1.82) is 0 Å². The number of rotatable bonds is 4. The van der Waals surface area contributed by atoms with Gasteiger partial charge in [-0.05, 0) is 44.4 Å². The second-order valence-electron chi connectivity index (χ2n) is 6.29. The summed E-state index contributed by atoms with van der Waals surface area (Å²) in [5.74, 6) is -0.306. The third-order valence-electron chi connectivity index (χ3n) is 4.29. The molecule has 0 aliphatic heterocycles. The third kappa shape index (κ3) is 3.81. The van der Waals surface area contributed by atoms with Gasteiger partial charge in [0, 0.05) is 12.2 Å². The molecule has 132 valence electrons. The fourth-order valence-electron chi connectivity index (χ4n) is 2.78. The van der Waals surface area contributed by atoms with Gasteiger partial charge in [-0.1, -0.05) is 12.1 Å². The molecule has 0 spiro atoms. The molecule has 0 N–H and O–H groups in total. The molecule has 2 aromatic rings. The highest BCUT2D eigenvalue weighted by molar-refractivity contribution is 5.92. The van der Waals surface area contributed by atoms with Crippen LogP contribution in [0, 0.1) is 6.92 Å². The molecule has 1 unspecified atom stereocenters. The van der Waals surface area contributed by atoms with Gasteiger partial charge in [0.1, 0.15) is 5.69 Å². The van der Waals surface area contributed by atoms with Gasteiger partial charge in [0.05, 0.1) is 23.5 Å². The van der Waals surface area contributed by atoms with Crippen LogP contribution in [0.5, 0.6) is 0 Å². The fraction of sp³-hybridized carbons (Fsp3) is 0.389. The number of aromatic nitrogens is 2. The standard InChI is InChI=1S/C18H18F3N3O/c1-11-9-23-16(10-22-11)17(25)24(15-6-7-15)12(2)13-4-3-5-14(8-13)18(19,20)21/h3-5,8-10,12,15H,6-7H2,1-2H3. The second kappa shape index (κ2) is 6.46. The Morgan fingerprint density at radius 1 is 1.24 bits per heavy atom. The lowest BCUT2D eigenvalue weighted by molar-refractivity contribution is -0.137. The molecule has 1 atom stereocenters.